The average molecular weight is 327 g/mol. The van der Waals surface area contributed by atoms with Gasteiger partial charge in [-0.25, -0.2) is 14.8 Å². The van der Waals surface area contributed by atoms with Crippen LogP contribution in [0, 0.1) is 0 Å². The lowest BCUT2D eigenvalue weighted by Gasteiger charge is -2.33. The molecule has 1 amide bonds. The summed E-state index contributed by atoms with van der Waals surface area (Å²) in [6, 6.07) is 0. The van der Waals surface area contributed by atoms with Crippen molar-refractivity contribution < 1.29 is 9.90 Å². The molecule has 0 aliphatic carbocycles. The van der Waals surface area contributed by atoms with Crippen molar-refractivity contribution in [1.29, 1.82) is 0 Å². The lowest BCUT2D eigenvalue weighted by molar-refractivity contribution is 0.142. The molecule has 0 aromatic carbocycles. The minimum atomic E-state index is -0.880. The maximum atomic E-state index is 10.9. The quantitative estimate of drug-likeness (QED) is 0.829. The monoisotopic (exact) mass is 326 g/mol. The fourth-order valence-electron chi connectivity index (χ4n) is 2.09. The zero-order chi connectivity index (χ0) is 13.4. The van der Waals surface area contributed by atoms with Gasteiger partial charge in [-0.05, 0) is 15.9 Å². The van der Waals surface area contributed by atoms with Crippen LogP contribution < -0.4 is 4.90 Å². The molecule has 0 bridgehead atoms. The van der Waals surface area contributed by atoms with E-state index in [4.69, 9.17) is 5.11 Å². The Morgan fingerprint density at radius 2 is 2.00 bits per heavy atom. The van der Waals surface area contributed by atoms with E-state index in [0.717, 1.165) is 4.47 Å². The molecule has 8 nitrogen and oxygen atoms in total. The normalized spacial score (nSPS) is 16.1. The average Bonchev–Trinajstić information content (AvgIpc) is 2.89. The number of amides is 1. The fourth-order valence-corrected chi connectivity index (χ4v) is 2.46. The second-order valence-electron chi connectivity index (χ2n) is 4.16. The van der Waals surface area contributed by atoms with Crippen LogP contribution in [-0.4, -0.2) is 61.9 Å². The van der Waals surface area contributed by atoms with Crippen LogP contribution in [0.3, 0.4) is 0 Å². The molecule has 1 N–H and O–H groups in total. The second-order valence-corrected chi connectivity index (χ2v) is 5.01. The molecule has 0 saturated carbocycles. The third-order valence-electron chi connectivity index (χ3n) is 3.08. The number of halogens is 1. The number of carbonyl (C=O) groups is 1. The highest BCUT2D eigenvalue weighted by Crippen LogP contribution is 2.20. The summed E-state index contributed by atoms with van der Waals surface area (Å²) in [7, 11) is 0. The van der Waals surface area contributed by atoms with E-state index >= 15 is 0 Å². The molecular formula is C10H11BrN6O2. The molecule has 2 aromatic heterocycles. The molecule has 1 saturated heterocycles. The van der Waals surface area contributed by atoms with E-state index in [2.05, 4.69) is 31.0 Å². The van der Waals surface area contributed by atoms with E-state index in [-0.39, 0.29) is 0 Å². The second kappa shape index (κ2) is 4.65. The largest absolute Gasteiger partial charge is 0.465 e. The van der Waals surface area contributed by atoms with Crippen molar-refractivity contribution >= 4 is 33.6 Å². The third kappa shape index (κ3) is 2.09. The Labute approximate surface area is 116 Å². The molecule has 0 atom stereocenters. The van der Waals surface area contributed by atoms with Crippen LogP contribution in [0.5, 0.6) is 0 Å². The maximum Gasteiger partial charge on any atom is 0.407 e. The van der Waals surface area contributed by atoms with Gasteiger partial charge in [0.2, 0.25) is 5.95 Å². The van der Waals surface area contributed by atoms with Crippen LogP contribution in [-0.2, 0) is 0 Å². The SMILES string of the molecule is O=C(O)N1CCN(c2ncc(Br)c3ncnn23)CC1. The Balaban J connectivity index is 1.88. The molecule has 3 rings (SSSR count). The lowest BCUT2D eigenvalue weighted by atomic mass is 10.3. The first kappa shape index (κ1) is 12.2. The Bertz CT molecular complexity index is 622. The number of aromatic nitrogens is 4. The summed E-state index contributed by atoms with van der Waals surface area (Å²) in [6.07, 6.45) is 2.27. The number of anilines is 1. The molecule has 0 spiro atoms. The molecule has 2 aromatic rings. The summed E-state index contributed by atoms with van der Waals surface area (Å²) in [5.41, 5.74) is 0.700. The van der Waals surface area contributed by atoms with Crippen molar-refractivity contribution in [2.24, 2.45) is 0 Å². The van der Waals surface area contributed by atoms with Crippen LogP contribution in [0.15, 0.2) is 17.0 Å². The number of piperazine rings is 1. The molecule has 19 heavy (non-hydrogen) atoms. The van der Waals surface area contributed by atoms with Crippen LogP contribution in [0.1, 0.15) is 0 Å². The molecule has 0 radical (unpaired) electrons. The van der Waals surface area contributed by atoms with Gasteiger partial charge in [0.15, 0.2) is 5.65 Å². The lowest BCUT2D eigenvalue weighted by Crippen LogP contribution is -2.49. The molecule has 1 aliphatic rings. The Hall–Kier alpha value is -1.90. The van der Waals surface area contributed by atoms with Crippen LogP contribution in [0.25, 0.3) is 5.65 Å². The van der Waals surface area contributed by atoms with Gasteiger partial charge in [-0.1, -0.05) is 0 Å². The number of nitrogens with zero attached hydrogens (tertiary/aromatic N) is 6. The molecular weight excluding hydrogens is 316 g/mol. The van der Waals surface area contributed by atoms with E-state index in [1.54, 1.807) is 10.7 Å². The minimum Gasteiger partial charge on any atom is -0.465 e. The summed E-state index contributed by atoms with van der Waals surface area (Å²) in [6.45, 7) is 2.11. The van der Waals surface area contributed by atoms with E-state index in [9.17, 15) is 4.79 Å². The molecule has 9 heteroatoms. The number of fused-ring (bicyclic) bond motifs is 1. The first-order valence-corrected chi connectivity index (χ1v) is 6.53. The highest BCUT2D eigenvalue weighted by atomic mass is 79.9. The Kier molecular flexibility index (Phi) is 2.97. The van der Waals surface area contributed by atoms with Gasteiger partial charge in [0.05, 0.1) is 4.47 Å². The standard InChI is InChI=1S/C10H11BrN6O2/c11-7-5-12-9(17-8(7)13-6-14-17)15-1-3-16(4-2-15)10(18)19/h5-6H,1-4H2,(H,18,19). The summed E-state index contributed by atoms with van der Waals surface area (Å²) >= 11 is 3.37. The highest BCUT2D eigenvalue weighted by Gasteiger charge is 2.23. The van der Waals surface area contributed by atoms with Crippen LogP contribution in [0.4, 0.5) is 10.7 Å². The summed E-state index contributed by atoms with van der Waals surface area (Å²) in [4.78, 5) is 22.8. The van der Waals surface area contributed by atoms with Gasteiger partial charge in [-0.15, -0.1) is 0 Å². The van der Waals surface area contributed by atoms with Crippen LogP contribution in [0.2, 0.25) is 0 Å². The van der Waals surface area contributed by atoms with Crippen molar-refractivity contribution in [2.75, 3.05) is 31.1 Å². The molecule has 1 aliphatic heterocycles. The van der Waals surface area contributed by atoms with Crippen LogP contribution >= 0.6 is 15.9 Å². The highest BCUT2D eigenvalue weighted by molar-refractivity contribution is 9.10. The Morgan fingerprint density at radius 1 is 1.26 bits per heavy atom. The fraction of sp³-hybridized carbons (Fsp3) is 0.400. The predicted octanol–water partition coefficient (Wildman–Crippen LogP) is 0.687. The van der Waals surface area contributed by atoms with E-state index in [1.807, 2.05) is 4.90 Å². The van der Waals surface area contributed by atoms with E-state index < -0.39 is 6.09 Å². The van der Waals surface area contributed by atoms with Crippen molar-refractivity contribution in [3.05, 3.63) is 17.0 Å². The van der Waals surface area contributed by atoms with Gasteiger partial charge >= 0.3 is 6.09 Å². The van der Waals surface area contributed by atoms with Crippen molar-refractivity contribution in [1.82, 2.24) is 24.5 Å². The molecule has 1 fully saturated rings. The van der Waals surface area contributed by atoms with Crippen molar-refractivity contribution in [2.45, 2.75) is 0 Å². The number of rotatable bonds is 1. The van der Waals surface area contributed by atoms with Crippen molar-refractivity contribution in [3.8, 4) is 0 Å². The van der Waals surface area contributed by atoms with E-state index in [0.29, 0.717) is 37.8 Å². The third-order valence-corrected chi connectivity index (χ3v) is 3.64. The first-order valence-electron chi connectivity index (χ1n) is 5.74. The smallest absolute Gasteiger partial charge is 0.407 e. The summed E-state index contributed by atoms with van der Waals surface area (Å²) in [5.74, 6) is 0.681. The molecule has 3 heterocycles. The first-order chi connectivity index (χ1) is 9.16. The van der Waals surface area contributed by atoms with E-state index in [1.165, 1.54) is 11.2 Å². The number of hydrogen-bond acceptors (Lipinski definition) is 5. The van der Waals surface area contributed by atoms with Gasteiger partial charge in [-0.2, -0.15) is 9.61 Å². The van der Waals surface area contributed by atoms with Gasteiger partial charge in [0.1, 0.15) is 6.33 Å². The molecule has 0 unspecified atom stereocenters. The summed E-state index contributed by atoms with van der Waals surface area (Å²) in [5, 5.41) is 13.1. The topological polar surface area (TPSA) is 86.9 Å². The summed E-state index contributed by atoms with van der Waals surface area (Å²) < 4.78 is 2.43. The minimum absolute atomic E-state index is 0.462. The van der Waals surface area contributed by atoms with Gasteiger partial charge in [0, 0.05) is 32.4 Å². The Morgan fingerprint density at radius 3 is 2.68 bits per heavy atom. The zero-order valence-electron chi connectivity index (χ0n) is 9.90. The van der Waals surface area contributed by atoms with Gasteiger partial charge in [-0.3, -0.25) is 0 Å². The zero-order valence-corrected chi connectivity index (χ0v) is 11.5. The molecule has 100 valence electrons. The van der Waals surface area contributed by atoms with Gasteiger partial charge in [0.25, 0.3) is 0 Å². The number of carboxylic acid groups (broad SMARTS) is 1. The van der Waals surface area contributed by atoms with Crippen molar-refractivity contribution in [3.63, 3.8) is 0 Å². The maximum absolute atomic E-state index is 10.9. The number of hydrogen-bond donors (Lipinski definition) is 1. The predicted molar refractivity (Wildman–Crippen MR) is 70.3 cm³/mol. The van der Waals surface area contributed by atoms with Gasteiger partial charge < -0.3 is 14.9 Å².